The Bertz CT molecular complexity index is 847. The van der Waals surface area contributed by atoms with Crippen molar-refractivity contribution >= 4 is 11.4 Å². The summed E-state index contributed by atoms with van der Waals surface area (Å²) in [6, 6.07) is 20.8. The van der Waals surface area contributed by atoms with Gasteiger partial charge in [-0.2, -0.15) is 0 Å². The van der Waals surface area contributed by atoms with E-state index in [1.165, 1.54) is 22.3 Å². The number of benzene rings is 3. The van der Waals surface area contributed by atoms with E-state index in [2.05, 4.69) is 64.1 Å². The van der Waals surface area contributed by atoms with E-state index in [9.17, 15) is 0 Å². The van der Waals surface area contributed by atoms with Crippen LogP contribution < -0.4 is 11.5 Å². The number of hydrogen-bond acceptors (Lipinski definition) is 2. The fraction of sp³-hybridized carbons (Fsp3) is 0.250. The lowest BCUT2D eigenvalue weighted by Crippen LogP contribution is -2.04. The molecular formula is C24H28N2. The van der Waals surface area contributed by atoms with Gasteiger partial charge in [0.1, 0.15) is 0 Å². The van der Waals surface area contributed by atoms with Gasteiger partial charge >= 0.3 is 0 Å². The minimum Gasteiger partial charge on any atom is -0.398 e. The van der Waals surface area contributed by atoms with Gasteiger partial charge in [0.2, 0.25) is 0 Å². The van der Waals surface area contributed by atoms with Crippen molar-refractivity contribution < 1.29 is 0 Å². The van der Waals surface area contributed by atoms with Crippen molar-refractivity contribution in [1.29, 1.82) is 0 Å². The quantitative estimate of drug-likeness (QED) is 0.536. The SMILES string of the molecule is CC(C)c1ccc(C(C)C)c(-c2ccccc2N)c1-c1ccccc1N. The molecule has 0 spiro atoms. The van der Waals surface area contributed by atoms with E-state index >= 15 is 0 Å². The number of anilines is 2. The Hall–Kier alpha value is -2.74. The first-order chi connectivity index (χ1) is 12.4. The number of nitrogen functional groups attached to an aromatic ring is 2. The highest BCUT2D eigenvalue weighted by Crippen LogP contribution is 2.45. The van der Waals surface area contributed by atoms with Crippen molar-refractivity contribution in [2.45, 2.75) is 39.5 Å². The largest absolute Gasteiger partial charge is 0.398 e. The fourth-order valence-corrected chi connectivity index (χ4v) is 3.63. The molecule has 3 aromatic carbocycles. The third kappa shape index (κ3) is 3.20. The highest BCUT2D eigenvalue weighted by Gasteiger charge is 2.22. The molecule has 0 aromatic heterocycles. The summed E-state index contributed by atoms with van der Waals surface area (Å²) in [5.74, 6) is 0.768. The summed E-state index contributed by atoms with van der Waals surface area (Å²) >= 11 is 0. The molecule has 2 heteroatoms. The molecule has 134 valence electrons. The molecule has 0 amide bonds. The van der Waals surface area contributed by atoms with Crippen LogP contribution in [0.15, 0.2) is 60.7 Å². The van der Waals surface area contributed by atoms with Crippen molar-refractivity contribution in [3.05, 3.63) is 71.8 Å². The Morgan fingerprint density at radius 3 is 1.19 bits per heavy atom. The van der Waals surface area contributed by atoms with Crippen molar-refractivity contribution in [2.75, 3.05) is 11.5 Å². The molecule has 0 atom stereocenters. The van der Waals surface area contributed by atoms with Crippen LogP contribution in [-0.4, -0.2) is 0 Å². The molecular weight excluding hydrogens is 316 g/mol. The van der Waals surface area contributed by atoms with Gasteiger partial charge < -0.3 is 11.5 Å². The van der Waals surface area contributed by atoms with Crippen LogP contribution in [0.2, 0.25) is 0 Å². The standard InChI is InChI=1S/C24H28N2/c1-15(2)17-13-14-18(16(3)4)24(20-10-6-8-12-22(20)26)23(17)19-9-5-7-11-21(19)25/h5-16H,25-26H2,1-4H3. The van der Waals surface area contributed by atoms with E-state index in [1.54, 1.807) is 0 Å². The number of hydrogen-bond donors (Lipinski definition) is 2. The Morgan fingerprint density at radius 2 is 0.885 bits per heavy atom. The average molecular weight is 345 g/mol. The summed E-state index contributed by atoms with van der Waals surface area (Å²) in [6.07, 6.45) is 0. The van der Waals surface area contributed by atoms with Crippen LogP contribution in [0.3, 0.4) is 0 Å². The molecule has 0 aliphatic carbocycles. The number of nitrogens with two attached hydrogens (primary N) is 2. The molecule has 0 unspecified atom stereocenters. The lowest BCUT2D eigenvalue weighted by molar-refractivity contribution is 0.849. The first-order valence-electron chi connectivity index (χ1n) is 9.28. The molecule has 4 N–H and O–H groups in total. The molecule has 0 saturated carbocycles. The predicted octanol–water partition coefficient (Wildman–Crippen LogP) is 6.43. The molecule has 0 radical (unpaired) electrons. The monoisotopic (exact) mass is 344 g/mol. The van der Waals surface area contributed by atoms with Gasteiger partial charge in [0.15, 0.2) is 0 Å². The Labute approximate surface area is 156 Å². The summed E-state index contributed by atoms with van der Waals surface area (Å²) < 4.78 is 0. The zero-order chi connectivity index (χ0) is 18.8. The van der Waals surface area contributed by atoms with Crippen LogP contribution in [0.4, 0.5) is 11.4 Å². The van der Waals surface area contributed by atoms with Crippen molar-refractivity contribution in [3.63, 3.8) is 0 Å². The topological polar surface area (TPSA) is 52.0 Å². The average Bonchev–Trinajstić information content (AvgIpc) is 2.61. The smallest absolute Gasteiger partial charge is 0.0394 e. The molecule has 0 aliphatic rings. The first kappa shape index (κ1) is 18.1. The van der Waals surface area contributed by atoms with Gasteiger partial charge in [-0.05, 0) is 46.2 Å². The van der Waals surface area contributed by atoms with E-state index in [0.717, 1.165) is 22.5 Å². The highest BCUT2D eigenvalue weighted by atomic mass is 14.6. The van der Waals surface area contributed by atoms with Gasteiger partial charge in [-0.1, -0.05) is 76.2 Å². The van der Waals surface area contributed by atoms with Crippen molar-refractivity contribution in [3.8, 4) is 22.3 Å². The van der Waals surface area contributed by atoms with Crippen LogP contribution in [-0.2, 0) is 0 Å². The second-order valence-electron chi connectivity index (χ2n) is 7.48. The lowest BCUT2D eigenvalue weighted by Gasteiger charge is -2.24. The molecule has 0 saturated heterocycles. The maximum Gasteiger partial charge on any atom is 0.0394 e. The van der Waals surface area contributed by atoms with Gasteiger partial charge in [0.25, 0.3) is 0 Å². The number of rotatable bonds is 4. The lowest BCUT2D eigenvalue weighted by atomic mass is 9.80. The van der Waals surface area contributed by atoms with Crippen LogP contribution in [0.25, 0.3) is 22.3 Å². The zero-order valence-corrected chi connectivity index (χ0v) is 16.1. The van der Waals surface area contributed by atoms with Crippen molar-refractivity contribution in [2.24, 2.45) is 0 Å². The Balaban J connectivity index is 2.49. The first-order valence-corrected chi connectivity index (χ1v) is 9.28. The molecule has 3 rings (SSSR count). The molecule has 0 heterocycles. The molecule has 3 aromatic rings. The predicted molar refractivity (Wildman–Crippen MR) is 114 cm³/mol. The fourth-order valence-electron chi connectivity index (χ4n) is 3.63. The second kappa shape index (κ2) is 7.25. The number of para-hydroxylation sites is 2. The summed E-state index contributed by atoms with van der Waals surface area (Å²) in [7, 11) is 0. The van der Waals surface area contributed by atoms with E-state index < -0.39 is 0 Å². The molecule has 0 bridgehead atoms. The van der Waals surface area contributed by atoms with E-state index in [4.69, 9.17) is 11.5 Å². The van der Waals surface area contributed by atoms with E-state index in [0.29, 0.717) is 11.8 Å². The second-order valence-corrected chi connectivity index (χ2v) is 7.48. The third-order valence-electron chi connectivity index (χ3n) is 4.97. The van der Waals surface area contributed by atoms with Gasteiger partial charge in [0.05, 0.1) is 0 Å². The maximum absolute atomic E-state index is 6.40. The Kier molecular flexibility index (Phi) is 5.03. The van der Waals surface area contributed by atoms with E-state index in [-0.39, 0.29) is 0 Å². The molecule has 2 nitrogen and oxygen atoms in total. The van der Waals surface area contributed by atoms with Gasteiger partial charge in [-0.25, -0.2) is 0 Å². The van der Waals surface area contributed by atoms with Crippen LogP contribution >= 0.6 is 0 Å². The zero-order valence-electron chi connectivity index (χ0n) is 16.1. The van der Waals surface area contributed by atoms with Gasteiger partial charge in [-0.3, -0.25) is 0 Å². The van der Waals surface area contributed by atoms with Gasteiger partial charge in [0, 0.05) is 22.5 Å². The summed E-state index contributed by atoms with van der Waals surface area (Å²) in [4.78, 5) is 0. The van der Waals surface area contributed by atoms with Crippen molar-refractivity contribution in [1.82, 2.24) is 0 Å². The summed E-state index contributed by atoms with van der Waals surface area (Å²) in [5, 5.41) is 0. The minimum atomic E-state index is 0.384. The van der Waals surface area contributed by atoms with E-state index in [1.807, 2.05) is 24.3 Å². The van der Waals surface area contributed by atoms with Crippen LogP contribution in [0.5, 0.6) is 0 Å². The highest BCUT2D eigenvalue weighted by molar-refractivity contribution is 5.95. The normalized spacial score (nSPS) is 11.3. The maximum atomic E-state index is 6.40. The minimum absolute atomic E-state index is 0.384. The van der Waals surface area contributed by atoms with Crippen LogP contribution in [0.1, 0.15) is 50.7 Å². The molecule has 0 fully saturated rings. The van der Waals surface area contributed by atoms with Crippen LogP contribution in [0, 0.1) is 0 Å². The molecule has 0 aliphatic heterocycles. The summed E-state index contributed by atoms with van der Waals surface area (Å²) in [5.41, 5.74) is 21.6. The summed E-state index contributed by atoms with van der Waals surface area (Å²) in [6.45, 7) is 8.91. The Morgan fingerprint density at radius 1 is 0.538 bits per heavy atom. The third-order valence-corrected chi connectivity index (χ3v) is 4.97. The molecule has 26 heavy (non-hydrogen) atoms. The van der Waals surface area contributed by atoms with Gasteiger partial charge in [-0.15, -0.1) is 0 Å².